The maximum atomic E-state index is 12.6. The van der Waals surface area contributed by atoms with Gasteiger partial charge in [0.15, 0.2) is 0 Å². The van der Waals surface area contributed by atoms with Crippen LogP contribution in [0.4, 0.5) is 17.2 Å². The number of halogens is 1. The lowest BCUT2D eigenvalue weighted by atomic mass is 10.2. The largest absolute Gasteiger partial charge is 0.497 e. The summed E-state index contributed by atoms with van der Waals surface area (Å²) in [7, 11) is 3.15. The van der Waals surface area contributed by atoms with Gasteiger partial charge in [-0.2, -0.15) is 0 Å². The second-order valence-electron chi connectivity index (χ2n) is 5.89. The molecule has 0 spiro atoms. The second kappa shape index (κ2) is 8.58. The zero-order valence-electron chi connectivity index (χ0n) is 15.6. The third kappa shape index (κ3) is 4.50. The van der Waals surface area contributed by atoms with Crippen LogP contribution in [0.5, 0.6) is 11.5 Å². The van der Waals surface area contributed by atoms with E-state index in [1.807, 2.05) is 13.0 Å². The van der Waals surface area contributed by atoms with Gasteiger partial charge in [-0.05, 0) is 36.8 Å². The van der Waals surface area contributed by atoms with Gasteiger partial charge in [-0.3, -0.25) is 4.79 Å². The van der Waals surface area contributed by atoms with Gasteiger partial charge in [0.05, 0.1) is 19.9 Å². The van der Waals surface area contributed by atoms with Crippen molar-refractivity contribution in [3.8, 4) is 11.5 Å². The molecule has 0 aliphatic rings. The molecule has 2 aromatic carbocycles. The van der Waals surface area contributed by atoms with Gasteiger partial charge >= 0.3 is 0 Å². The Kier molecular flexibility index (Phi) is 5.96. The van der Waals surface area contributed by atoms with Crippen molar-refractivity contribution in [3.05, 3.63) is 65.1 Å². The third-order valence-electron chi connectivity index (χ3n) is 4.02. The van der Waals surface area contributed by atoms with Crippen LogP contribution in [0.25, 0.3) is 0 Å². The van der Waals surface area contributed by atoms with Crippen molar-refractivity contribution >= 4 is 34.7 Å². The van der Waals surface area contributed by atoms with Gasteiger partial charge in [0.25, 0.3) is 5.91 Å². The molecule has 0 unspecified atom stereocenters. The zero-order chi connectivity index (χ0) is 20.1. The van der Waals surface area contributed by atoms with Crippen molar-refractivity contribution in [1.82, 2.24) is 9.97 Å². The molecule has 144 valence electrons. The fraction of sp³-hybridized carbons (Fsp3) is 0.150. The Bertz CT molecular complexity index is 1010. The van der Waals surface area contributed by atoms with Crippen molar-refractivity contribution in [2.24, 2.45) is 0 Å². The van der Waals surface area contributed by atoms with Crippen molar-refractivity contribution in [2.45, 2.75) is 6.92 Å². The minimum atomic E-state index is -0.367. The maximum Gasteiger partial charge on any atom is 0.274 e. The number of rotatable bonds is 6. The van der Waals surface area contributed by atoms with E-state index in [1.54, 1.807) is 50.6 Å². The lowest BCUT2D eigenvalue weighted by molar-refractivity contribution is 0.102. The molecule has 1 aromatic heterocycles. The van der Waals surface area contributed by atoms with Crippen LogP contribution in [0.2, 0.25) is 5.02 Å². The first kappa shape index (κ1) is 19.4. The number of ether oxygens (including phenoxy) is 2. The molecular formula is C20H19ClN4O3. The van der Waals surface area contributed by atoms with Gasteiger partial charge in [0.2, 0.25) is 0 Å². The Labute approximate surface area is 167 Å². The van der Waals surface area contributed by atoms with Gasteiger partial charge in [0.1, 0.15) is 29.3 Å². The summed E-state index contributed by atoms with van der Waals surface area (Å²) in [6.07, 6.45) is 1.31. The molecule has 0 saturated heterocycles. The summed E-state index contributed by atoms with van der Waals surface area (Å²) in [5.41, 5.74) is 2.38. The number of carbonyl (C=O) groups excluding carboxylic acids is 1. The number of carbonyl (C=O) groups is 1. The molecule has 0 aliphatic carbocycles. The minimum absolute atomic E-state index is 0.207. The molecule has 0 atom stereocenters. The smallest absolute Gasteiger partial charge is 0.274 e. The maximum absolute atomic E-state index is 12.6. The van der Waals surface area contributed by atoms with E-state index in [4.69, 9.17) is 21.1 Å². The van der Waals surface area contributed by atoms with E-state index >= 15 is 0 Å². The molecule has 0 bridgehead atoms. The number of methoxy groups -OCH3 is 2. The molecule has 1 heterocycles. The quantitative estimate of drug-likeness (QED) is 0.638. The highest BCUT2D eigenvalue weighted by Gasteiger charge is 2.12. The number of nitrogens with one attached hydrogen (secondary N) is 2. The van der Waals surface area contributed by atoms with Gasteiger partial charge < -0.3 is 20.1 Å². The molecule has 2 N–H and O–H groups in total. The van der Waals surface area contributed by atoms with Gasteiger partial charge in [-0.1, -0.05) is 17.7 Å². The fourth-order valence-corrected chi connectivity index (χ4v) is 2.69. The predicted octanol–water partition coefficient (Wildman–Crippen LogP) is 4.45. The molecule has 0 radical (unpaired) electrons. The molecule has 1 amide bonds. The summed E-state index contributed by atoms with van der Waals surface area (Å²) in [5.74, 6) is 1.34. The molecule has 7 nitrogen and oxygen atoms in total. The van der Waals surface area contributed by atoms with Crippen LogP contribution in [0.3, 0.4) is 0 Å². The molecule has 28 heavy (non-hydrogen) atoms. The van der Waals surface area contributed by atoms with Crippen molar-refractivity contribution in [2.75, 3.05) is 24.9 Å². The topological polar surface area (TPSA) is 85.4 Å². The normalized spacial score (nSPS) is 10.3. The van der Waals surface area contributed by atoms with E-state index in [9.17, 15) is 4.79 Å². The number of benzene rings is 2. The Balaban J connectivity index is 1.82. The average molecular weight is 399 g/mol. The molecule has 3 aromatic rings. The van der Waals surface area contributed by atoms with Crippen molar-refractivity contribution < 1.29 is 14.3 Å². The predicted molar refractivity (Wildman–Crippen MR) is 109 cm³/mol. The van der Waals surface area contributed by atoms with Crippen LogP contribution in [-0.4, -0.2) is 30.1 Å². The van der Waals surface area contributed by atoms with Gasteiger partial charge in [-0.15, -0.1) is 0 Å². The summed E-state index contributed by atoms with van der Waals surface area (Å²) in [6, 6.07) is 12.2. The standard InChI is InChI=1S/C20H19ClN4O3/c1-12-4-5-13(21)8-15(12)25-20(26)17-10-19(23-11-22-17)24-16-9-14(27-2)6-7-18(16)28-3/h4-11H,1-3H3,(H,25,26)(H,22,23,24). The summed E-state index contributed by atoms with van der Waals surface area (Å²) in [6.45, 7) is 1.88. The number of nitrogens with zero attached hydrogens (tertiary/aromatic N) is 2. The number of aromatic nitrogens is 2. The highest BCUT2D eigenvalue weighted by Crippen LogP contribution is 2.31. The number of aryl methyl sites for hydroxylation is 1. The van der Waals surface area contributed by atoms with Crippen LogP contribution in [0.1, 0.15) is 16.1 Å². The molecule has 0 aliphatic heterocycles. The van der Waals surface area contributed by atoms with E-state index in [0.29, 0.717) is 33.7 Å². The highest BCUT2D eigenvalue weighted by molar-refractivity contribution is 6.31. The zero-order valence-corrected chi connectivity index (χ0v) is 16.4. The van der Waals surface area contributed by atoms with E-state index in [2.05, 4.69) is 20.6 Å². The van der Waals surface area contributed by atoms with Crippen LogP contribution in [0, 0.1) is 6.92 Å². The Morgan fingerprint density at radius 3 is 2.57 bits per heavy atom. The highest BCUT2D eigenvalue weighted by atomic mass is 35.5. The second-order valence-corrected chi connectivity index (χ2v) is 6.33. The van der Waals surface area contributed by atoms with Crippen LogP contribution in [-0.2, 0) is 0 Å². The number of amides is 1. The molecule has 8 heteroatoms. The van der Waals surface area contributed by atoms with E-state index in [-0.39, 0.29) is 11.6 Å². The van der Waals surface area contributed by atoms with Crippen molar-refractivity contribution in [3.63, 3.8) is 0 Å². The minimum Gasteiger partial charge on any atom is -0.497 e. The van der Waals surface area contributed by atoms with E-state index < -0.39 is 0 Å². The van der Waals surface area contributed by atoms with Gasteiger partial charge in [0, 0.05) is 22.8 Å². The summed E-state index contributed by atoms with van der Waals surface area (Å²) >= 11 is 6.01. The molecular weight excluding hydrogens is 380 g/mol. The fourth-order valence-electron chi connectivity index (χ4n) is 2.51. The van der Waals surface area contributed by atoms with Gasteiger partial charge in [-0.25, -0.2) is 9.97 Å². The van der Waals surface area contributed by atoms with E-state index in [1.165, 1.54) is 6.33 Å². The summed E-state index contributed by atoms with van der Waals surface area (Å²) in [5, 5.41) is 6.47. The Morgan fingerprint density at radius 2 is 1.82 bits per heavy atom. The van der Waals surface area contributed by atoms with Crippen LogP contribution >= 0.6 is 11.6 Å². The van der Waals surface area contributed by atoms with Crippen molar-refractivity contribution in [1.29, 1.82) is 0 Å². The monoisotopic (exact) mass is 398 g/mol. The molecule has 0 fully saturated rings. The SMILES string of the molecule is COc1ccc(OC)c(Nc2cc(C(=O)Nc3cc(Cl)ccc3C)ncn2)c1. The summed E-state index contributed by atoms with van der Waals surface area (Å²) < 4.78 is 10.6. The Morgan fingerprint density at radius 1 is 1.00 bits per heavy atom. The number of hydrogen-bond donors (Lipinski definition) is 2. The third-order valence-corrected chi connectivity index (χ3v) is 4.25. The first-order valence-corrected chi connectivity index (χ1v) is 8.76. The lowest BCUT2D eigenvalue weighted by Gasteiger charge is -2.13. The number of anilines is 3. The summed E-state index contributed by atoms with van der Waals surface area (Å²) in [4.78, 5) is 20.8. The molecule has 0 saturated carbocycles. The average Bonchev–Trinajstić information content (AvgIpc) is 2.70. The molecule has 3 rings (SSSR count). The van der Waals surface area contributed by atoms with E-state index in [0.717, 1.165) is 5.56 Å². The first-order valence-electron chi connectivity index (χ1n) is 8.38. The van der Waals surface area contributed by atoms with Crippen LogP contribution in [0.15, 0.2) is 48.8 Å². The Hall–Kier alpha value is -3.32. The first-order chi connectivity index (χ1) is 13.5. The van der Waals surface area contributed by atoms with Crippen LogP contribution < -0.4 is 20.1 Å². The lowest BCUT2D eigenvalue weighted by Crippen LogP contribution is -2.15. The number of hydrogen-bond acceptors (Lipinski definition) is 6.